The molecule has 0 unspecified atom stereocenters. The molecule has 126 valence electrons. The molecule has 0 atom stereocenters. The molecule has 0 radical (unpaired) electrons. The molecule has 0 saturated carbocycles. The van der Waals surface area contributed by atoms with Gasteiger partial charge in [-0.1, -0.05) is 0 Å². The number of hydrogen-bond acceptors (Lipinski definition) is 5. The lowest BCUT2D eigenvalue weighted by molar-refractivity contribution is 0.204. The monoisotopic (exact) mass is 324 g/mol. The predicted octanol–water partition coefficient (Wildman–Crippen LogP) is 2.36. The minimum absolute atomic E-state index is 0.494. The van der Waals surface area contributed by atoms with E-state index in [0.29, 0.717) is 6.04 Å². The number of nitriles is 1. The largest absolute Gasteiger partial charge is 0.357 e. The number of anilines is 1. The highest BCUT2D eigenvalue weighted by Crippen LogP contribution is 2.34. The summed E-state index contributed by atoms with van der Waals surface area (Å²) in [5.41, 5.74) is 4.14. The van der Waals surface area contributed by atoms with Crippen molar-refractivity contribution < 1.29 is 0 Å². The van der Waals surface area contributed by atoms with Gasteiger partial charge in [-0.15, -0.1) is 10.2 Å². The Kier molecular flexibility index (Phi) is 3.89. The molecule has 6 nitrogen and oxygen atoms in total. The van der Waals surface area contributed by atoms with E-state index in [0.717, 1.165) is 49.6 Å². The fourth-order valence-corrected chi connectivity index (χ4v) is 4.09. The molecule has 1 fully saturated rings. The number of nitrogens with zero attached hydrogens (tertiary/aromatic N) is 6. The van der Waals surface area contributed by atoms with E-state index in [1.807, 2.05) is 4.40 Å². The average molecular weight is 324 g/mol. The van der Waals surface area contributed by atoms with Gasteiger partial charge in [0.1, 0.15) is 18.2 Å². The van der Waals surface area contributed by atoms with Crippen LogP contribution < -0.4 is 4.90 Å². The zero-order valence-electron chi connectivity index (χ0n) is 14.5. The van der Waals surface area contributed by atoms with E-state index in [2.05, 4.69) is 39.9 Å². The van der Waals surface area contributed by atoms with Crippen LogP contribution in [0.15, 0.2) is 6.33 Å². The lowest BCUT2D eigenvalue weighted by Crippen LogP contribution is -2.38. The average Bonchev–Trinajstić information content (AvgIpc) is 3.10. The molecule has 2 aromatic heterocycles. The molecule has 0 bridgehead atoms. The summed E-state index contributed by atoms with van der Waals surface area (Å²) in [5, 5.41) is 18.5. The SMILES string of the molecule is CC(C)N1CCc2c(C#N)c(N3CCCCC3)n3cnnc3c2C1. The van der Waals surface area contributed by atoms with Gasteiger partial charge in [-0.05, 0) is 45.1 Å². The van der Waals surface area contributed by atoms with Crippen LogP contribution in [0.2, 0.25) is 0 Å². The molecule has 0 aromatic carbocycles. The summed E-state index contributed by atoms with van der Waals surface area (Å²) in [6.45, 7) is 8.32. The Labute approximate surface area is 142 Å². The first-order valence-corrected chi connectivity index (χ1v) is 8.97. The van der Waals surface area contributed by atoms with Gasteiger partial charge >= 0.3 is 0 Å². The summed E-state index contributed by atoms with van der Waals surface area (Å²) in [6.07, 6.45) is 6.34. The van der Waals surface area contributed by atoms with Gasteiger partial charge in [0, 0.05) is 37.8 Å². The Morgan fingerprint density at radius 2 is 1.92 bits per heavy atom. The summed E-state index contributed by atoms with van der Waals surface area (Å²) >= 11 is 0. The van der Waals surface area contributed by atoms with Gasteiger partial charge in [-0.3, -0.25) is 9.30 Å². The molecule has 0 aliphatic carbocycles. The van der Waals surface area contributed by atoms with Crippen LogP contribution in [0.3, 0.4) is 0 Å². The van der Waals surface area contributed by atoms with Crippen molar-refractivity contribution in [2.75, 3.05) is 24.5 Å². The standard InChI is InChI=1S/C18H24N6/c1-13(2)23-9-6-14-15(10-19)18(22-7-4-3-5-8-22)24-12-20-21-17(24)16(14)11-23/h12-13H,3-9,11H2,1-2H3. The quantitative estimate of drug-likeness (QED) is 0.849. The second-order valence-corrected chi connectivity index (χ2v) is 7.15. The number of piperidine rings is 1. The maximum Gasteiger partial charge on any atom is 0.167 e. The Bertz CT molecular complexity index is 794. The van der Waals surface area contributed by atoms with Gasteiger partial charge in [-0.25, -0.2) is 0 Å². The predicted molar refractivity (Wildman–Crippen MR) is 93.0 cm³/mol. The first kappa shape index (κ1) is 15.4. The summed E-state index contributed by atoms with van der Waals surface area (Å²) in [7, 11) is 0. The zero-order valence-corrected chi connectivity index (χ0v) is 14.5. The topological polar surface area (TPSA) is 60.5 Å². The van der Waals surface area contributed by atoms with E-state index >= 15 is 0 Å². The summed E-state index contributed by atoms with van der Waals surface area (Å²) < 4.78 is 2.05. The van der Waals surface area contributed by atoms with E-state index < -0.39 is 0 Å². The van der Waals surface area contributed by atoms with Crippen molar-refractivity contribution in [1.29, 1.82) is 5.26 Å². The van der Waals surface area contributed by atoms with Gasteiger partial charge in [0.15, 0.2) is 5.65 Å². The smallest absolute Gasteiger partial charge is 0.167 e. The van der Waals surface area contributed by atoms with Crippen molar-refractivity contribution in [3.05, 3.63) is 23.0 Å². The minimum atomic E-state index is 0.494. The fraction of sp³-hybridized carbons (Fsp3) is 0.611. The molecule has 6 heteroatoms. The number of hydrogen-bond donors (Lipinski definition) is 0. The Morgan fingerprint density at radius 3 is 2.62 bits per heavy atom. The summed E-state index contributed by atoms with van der Waals surface area (Å²) in [5.74, 6) is 1.01. The van der Waals surface area contributed by atoms with Gasteiger partial charge < -0.3 is 4.90 Å². The molecule has 2 aliphatic rings. The molecule has 0 spiro atoms. The molecular weight excluding hydrogens is 300 g/mol. The van der Waals surface area contributed by atoms with Crippen LogP contribution in [0.5, 0.6) is 0 Å². The van der Waals surface area contributed by atoms with E-state index in [1.54, 1.807) is 6.33 Å². The Hall–Kier alpha value is -2.13. The van der Waals surface area contributed by atoms with Crippen LogP contribution in [0.1, 0.15) is 49.8 Å². The minimum Gasteiger partial charge on any atom is -0.357 e. The van der Waals surface area contributed by atoms with Crippen molar-refractivity contribution in [2.45, 2.75) is 52.1 Å². The Balaban J connectivity index is 1.91. The van der Waals surface area contributed by atoms with E-state index in [9.17, 15) is 5.26 Å². The maximum absolute atomic E-state index is 9.93. The highest BCUT2D eigenvalue weighted by Gasteiger charge is 2.29. The number of rotatable bonds is 2. The molecular formula is C18H24N6. The van der Waals surface area contributed by atoms with Gasteiger partial charge in [0.05, 0.1) is 5.56 Å². The van der Waals surface area contributed by atoms with E-state index in [1.165, 1.54) is 30.4 Å². The molecule has 2 aliphatic heterocycles. The summed E-state index contributed by atoms with van der Waals surface area (Å²) in [4.78, 5) is 4.80. The molecule has 0 N–H and O–H groups in total. The second kappa shape index (κ2) is 6.06. The molecule has 0 amide bonds. The van der Waals surface area contributed by atoms with Crippen LogP contribution in [-0.4, -0.2) is 45.2 Å². The van der Waals surface area contributed by atoms with E-state index in [-0.39, 0.29) is 0 Å². The lowest BCUT2D eigenvalue weighted by atomic mass is 9.94. The highest BCUT2D eigenvalue weighted by molar-refractivity contribution is 5.69. The molecule has 24 heavy (non-hydrogen) atoms. The first-order valence-electron chi connectivity index (χ1n) is 8.97. The molecule has 1 saturated heterocycles. The van der Waals surface area contributed by atoms with Crippen LogP contribution in [0.4, 0.5) is 5.82 Å². The van der Waals surface area contributed by atoms with Gasteiger partial charge in [0.25, 0.3) is 0 Å². The number of pyridine rings is 1. The second-order valence-electron chi connectivity index (χ2n) is 7.15. The van der Waals surface area contributed by atoms with Crippen molar-refractivity contribution >= 4 is 11.5 Å². The fourth-order valence-electron chi connectivity index (χ4n) is 4.09. The lowest BCUT2D eigenvalue weighted by Gasteiger charge is -2.35. The number of fused-ring (bicyclic) bond motifs is 3. The molecule has 2 aromatic rings. The van der Waals surface area contributed by atoms with Crippen molar-refractivity contribution in [1.82, 2.24) is 19.5 Å². The zero-order chi connectivity index (χ0) is 16.7. The van der Waals surface area contributed by atoms with Crippen LogP contribution >= 0.6 is 0 Å². The van der Waals surface area contributed by atoms with Gasteiger partial charge in [-0.2, -0.15) is 5.26 Å². The van der Waals surface area contributed by atoms with Crippen molar-refractivity contribution in [3.8, 4) is 6.07 Å². The van der Waals surface area contributed by atoms with Gasteiger partial charge in [0.2, 0.25) is 0 Å². The molecule has 4 rings (SSSR count). The van der Waals surface area contributed by atoms with Crippen LogP contribution in [0.25, 0.3) is 5.65 Å². The van der Waals surface area contributed by atoms with Crippen LogP contribution in [0, 0.1) is 11.3 Å². The maximum atomic E-state index is 9.93. The van der Waals surface area contributed by atoms with E-state index in [4.69, 9.17) is 0 Å². The third-order valence-electron chi connectivity index (χ3n) is 5.44. The third kappa shape index (κ3) is 2.35. The Morgan fingerprint density at radius 1 is 1.12 bits per heavy atom. The first-order chi connectivity index (χ1) is 11.7. The van der Waals surface area contributed by atoms with Crippen LogP contribution in [-0.2, 0) is 13.0 Å². The normalized spacial score (nSPS) is 18.8. The highest BCUT2D eigenvalue weighted by atomic mass is 15.3. The third-order valence-corrected chi connectivity index (χ3v) is 5.44. The summed E-state index contributed by atoms with van der Waals surface area (Å²) in [6, 6.07) is 3.00. The van der Waals surface area contributed by atoms with Crippen molar-refractivity contribution in [3.63, 3.8) is 0 Å². The molecule has 4 heterocycles. The van der Waals surface area contributed by atoms with Crippen molar-refractivity contribution in [2.24, 2.45) is 0 Å². The number of aromatic nitrogens is 3.